The molecule has 0 bridgehead atoms. The smallest absolute Gasteiger partial charge is 0.734 e. The van der Waals surface area contributed by atoms with Crippen LogP contribution in [-0.2, 0) is 19.7 Å². The summed E-state index contributed by atoms with van der Waals surface area (Å²) < 4.78 is 1.23. The summed E-state index contributed by atoms with van der Waals surface area (Å²) >= 11 is 4.28. The molecule has 0 amide bonds. The molecule has 0 unspecified atom stereocenters. The van der Waals surface area contributed by atoms with Crippen LogP contribution >= 0.6 is 0 Å². The molecule has 1 aromatic rings. The fourth-order valence-corrected chi connectivity index (χ4v) is 0.575. The maximum absolute atomic E-state index is 10.4. The summed E-state index contributed by atoms with van der Waals surface area (Å²) in [6, 6.07) is 0. The monoisotopic (exact) mass is 166 g/mol. The average molecular weight is 166 g/mol. The Morgan fingerprint density at radius 2 is 2.30 bits per heavy atom. The maximum atomic E-state index is 10.4. The van der Waals surface area contributed by atoms with Crippen LogP contribution in [0.5, 0.6) is 0 Å². The van der Waals surface area contributed by atoms with Gasteiger partial charge >= 0.3 is 29.6 Å². The van der Waals surface area contributed by atoms with E-state index in [4.69, 9.17) is 0 Å². The number of carbonyl (C=O) groups is 1. The first kappa shape index (κ1) is 9.96. The van der Waals surface area contributed by atoms with E-state index >= 15 is 0 Å². The zero-order valence-electron chi connectivity index (χ0n) is 5.61. The minimum atomic E-state index is -0.539. The van der Waals surface area contributed by atoms with Crippen LogP contribution < -0.4 is 29.6 Å². The molecule has 1 heterocycles. The molecule has 0 N–H and O–H groups in total. The third-order valence-electron chi connectivity index (χ3n) is 0.803. The number of tetrazole rings is 1. The molecular formula is C3H3N4NaOS. The predicted octanol–water partition coefficient (Wildman–Crippen LogP) is -4.10. The molecule has 0 aromatic carbocycles. The van der Waals surface area contributed by atoms with Crippen LogP contribution in [0, 0.1) is 0 Å². The minimum absolute atomic E-state index is 0. The second-order valence-electron chi connectivity index (χ2n) is 1.41. The molecular weight excluding hydrogens is 163 g/mol. The molecule has 10 heavy (non-hydrogen) atoms. The second-order valence-corrected chi connectivity index (χ2v) is 1.78. The van der Waals surface area contributed by atoms with Gasteiger partial charge in [-0.15, -0.1) is 5.10 Å². The Balaban J connectivity index is 0.000000810. The largest absolute Gasteiger partial charge is 1.00 e. The third-order valence-corrected chi connectivity index (χ3v) is 0.985. The first-order chi connectivity index (χ1) is 4.22. The van der Waals surface area contributed by atoms with Crippen molar-refractivity contribution >= 4 is 17.7 Å². The Morgan fingerprint density at radius 3 is 2.50 bits per heavy atom. The van der Waals surface area contributed by atoms with Gasteiger partial charge in [-0.25, -0.2) is 4.68 Å². The molecule has 0 atom stereocenters. The van der Waals surface area contributed by atoms with Crippen LogP contribution in [0.1, 0.15) is 10.6 Å². The fraction of sp³-hybridized carbons (Fsp3) is 0.333. The number of rotatable bonds is 1. The van der Waals surface area contributed by atoms with Crippen molar-refractivity contribution in [2.24, 2.45) is 7.05 Å². The van der Waals surface area contributed by atoms with Crippen molar-refractivity contribution < 1.29 is 34.4 Å². The van der Waals surface area contributed by atoms with Gasteiger partial charge in [0, 0.05) is 7.05 Å². The molecule has 0 spiro atoms. The zero-order valence-corrected chi connectivity index (χ0v) is 8.42. The molecule has 0 aliphatic carbocycles. The van der Waals surface area contributed by atoms with Gasteiger partial charge in [-0.05, 0) is 10.4 Å². The first-order valence-corrected chi connectivity index (χ1v) is 2.56. The number of carbonyl (C=O) groups excluding carboxylic acids is 1. The molecule has 1 aromatic heterocycles. The molecule has 0 aliphatic rings. The van der Waals surface area contributed by atoms with Gasteiger partial charge in [0.1, 0.15) is 0 Å². The topological polar surface area (TPSA) is 60.7 Å². The SMILES string of the molecule is Cn1nnnc1C(=O)[S-].[Na+]. The van der Waals surface area contributed by atoms with Gasteiger partial charge in [-0.1, -0.05) is 0 Å². The van der Waals surface area contributed by atoms with Gasteiger partial charge in [0.05, 0.1) is 5.12 Å². The minimum Gasteiger partial charge on any atom is -0.734 e. The summed E-state index contributed by atoms with van der Waals surface area (Å²) in [5.74, 6) is 0.102. The van der Waals surface area contributed by atoms with Crippen molar-refractivity contribution in [2.75, 3.05) is 0 Å². The average Bonchev–Trinajstić information content (AvgIpc) is 2.13. The van der Waals surface area contributed by atoms with E-state index in [9.17, 15) is 4.79 Å². The molecule has 1 rings (SSSR count). The van der Waals surface area contributed by atoms with Gasteiger partial charge in [-0.3, -0.25) is 0 Å². The van der Waals surface area contributed by atoms with E-state index in [0.29, 0.717) is 0 Å². The Kier molecular flexibility index (Phi) is 3.95. The van der Waals surface area contributed by atoms with Gasteiger partial charge in [-0.2, -0.15) is 0 Å². The van der Waals surface area contributed by atoms with Gasteiger partial charge in [0.15, 0.2) is 5.82 Å². The van der Waals surface area contributed by atoms with E-state index in [1.165, 1.54) is 4.68 Å². The van der Waals surface area contributed by atoms with E-state index in [1.54, 1.807) is 7.05 Å². The Morgan fingerprint density at radius 1 is 1.70 bits per heavy atom. The molecule has 7 heteroatoms. The van der Waals surface area contributed by atoms with E-state index in [-0.39, 0.29) is 35.4 Å². The summed E-state index contributed by atoms with van der Waals surface area (Å²) in [7, 11) is 1.56. The molecule has 0 aliphatic heterocycles. The van der Waals surface area contributed by atoms with Crippen LogP contribution in [0.2, 0.25) is 0 Å². The molecule has 0 saturated heterocycles. The number of hydrogen-bond donors (Lipinski definition) is 0. The normalized spacial score (nSPS) is 8.50. The van der Waals surface area contributed by atoms with Crippen molar-refractivity contribution in [1.82, 2.24) is 20.2 Å². The van der Waals surface area contributed by atoms with Crippen molar-refractivity contribution in [3.05, 3.63) is 5.82 Å². The predicted molar refractivity (Wildman–Crippen MR) is 30.5 cm³/mol. The van der Waals surface area contributed by atoms with Gasteiger partial charge < -0.3 is 17.4 Å². The first-order valence-electron chi connectivity index (χ1n) is 2.15. The Bertz CT molecular complexity index is 236. The van der Waals surface area contributed by atoms with Crippen molar-refractivity contribution in [1.29, 1.82) is 0 Å². The molecule has 0 radical (unpaired) electrons. The van der Waals surface area contributed by atoms with E-state index in [1.807, 2.05) is 0 Å². The van der Waals surface area contributed by atoms with Crippen LogP contribution in [0.15, 0.2) is 0 Å². The van der Waals surface area contributed by atoms with Crippen LogP contribution in [0.3, 0.4) is 0 Å². The van der Waals surface area contributed by atoms with Gasteiger partial charge in [0.25, 0.3) is 0 Å². The van der Waals surface area contributed by atoms with E-state index in [2.05, 4.69) is 28.2 Å². The van der Waals surface area contributed by atoms with Gasteiger partial charge in [0.2, 0.25) is 0 Å². The summed E-state index contributed by atoms with van der Waals surface area (Å²) in [6.45, 7) is 0. The second kappa shape index (κ2) is 3.97. The van der Waals surface area contributed by atoms with Crippen molar-refractivity contribution in [3.8, 4) is 0 Å². The Hall–Kier alpha value is -0.0400. The zero-order chi connectivity index (χ0) is 6.85. The van der Waals surface area contributed by atoms with Crippen LogP contribution in [-0.4, -0.2) is 25.3 Å². The molecule has 0 fully saturated rings. The van der Waals surface area contributed by atoms with E-state index in [0.717, 1.165) is 0 Å². The standard InChI is InChI=1S/C3H4N4OS.Na/c1-7-2(3(8)9)4-5-6-7;/h1H3,(H,8,9);/q;+1/p-1. The third kappa shape index (κ3) is 1.98. The molecule has 0 saturated carbocycles. The fourth-order valence-electron chi connectivity index (χ4n) is 0.402. The Labute approximate surface area is 84.9 Å². The van der Waals surface area contributed by atoms with E-state index < -0.39 is 5.12 Å². The molecule has 48 valence electrons. The number of hydrogen-bond acceptors (Lipinski definition) is 5. The molecule has 5 nitrogen and oxygen atoms in total. The quantitative estimate of drug-likeness (QED) is 0.313. The van der Waals surface area contributed by atoms with Crippen molar-refractivity contribution in [2.45, 2.75) is 0 Å². The summed E-state index contributed by atoms with van der Waals surface area (Å²) in [5.41, 5.74) is 0. The maximum Gasteiger partial charge on any atom is 1.00 e. The van der Waals surface area contributed by atoms with Crippen molar-refractivity contribution in [3.63, 3.8) is 0 Å². The number of aryl methyl sites for hydroxylation is 1. The summed E-state index contributed by atoms with van der Waals surface area (Å²) in [6.07, 6.45) is 0. The van der Waals surface area contributed by atoms with Crippen LogP contribution in [0.4, 0.5) is 0 Å². The number of nitrogens with zero attached hydrogens (tertiary/aromatic N) is 4. The summed E-state index contributed by atoms with van der Waals surface area (Å²) in [4.78, 5) is 10.4. The number of aromatic nitrogens is 4. The van der Waals surface area contributed by atoms with Crippen LogP contribution in [0.25, 0.3) is 0 Å². The summed E-state index contributed by atoms with van der Waals surface area (Å²) in [5, 5.41) is 9.45.